The molecule has 4 nitrogen and oxygen atoms in total. The third-order valence-electron chi connectivity index (χ3n) is 3.29. The zero-order valence-electron chi connectivity index (χ0n) is 14.2. The van der Waals surface area contributed by atoms with E-state index in [2.05, 4.69) is 5.32 Å². The van der Waals surface area contributed by atoms with Gasteiger partial charge < -0.3 is 14.8 Å². The van der Waals surface area contributed by atoms with E-state index in [9.17, 15) is 9.18 Å². The van der Waals surface area contributed by atoms with Crippen LogP contribution in [0.4, 0.5) is 4.39 Å². The van der Waals surface area contributed by atoms with E-state index < -0.39 is 0 Å². The molecule has 0 atom stereocenters. The summed E-state index contributed by atoms with van der Waals surface area (Å²) in [6.07, 6.45) is 0. The van der Waals surface area contributed by atoms with E-state index >= 15 is 0 Å². The van der Waals surface area contributed by atoms with Gasteiger partial charge in [0.05, 0.1) is 6.61 Å². The van der Waals surface area contributed by atoms with Crippen LogP contribution in [0.15, 0.2) is 48.5 Å². The molecule has 2 rings (SSSR count). The molecule has 1 amide bonds. The number of rotatable bonds is 10. The molecule has 0 saturated carbocycles. The predicted octanol–water partition coefficient (Wildman–Crippen LogP) is 3.65. The zero-order chi connectivity index (χ0) is 17.9. The Labute approximate surface area is 151 Å². The number of thioether (sulfide) groups is 1. The number of hydrogen-bond donors (Lipinski definition) is 1. The monoisotopic (exact) mass is 363 g/mol. The van der Waals surface area contributed by atoms with Crippen molar-refractivity contribution in [2.75, 3.05) is 25.5 Å². The number of amides is 1. The maximum absolute atomic E-state index is 13.4. The van der Waals surface area contributed by atoms with Crippen molar-refractivity contribution in [3.8, 4) is 11.5 Å². The van der Waals surface area contributed by atoms with E-state index in [0.29, 0.717) is 36.0 Å². The first kappa shape index (κ1) is 19.1. The Hall–Kier alpha value is -2.21. The van der Waals surface area contributed by atoms with Crippen molar-refractivity contribution >= 4 is 17.7 Å². The molecular weight excluding hydrogens is 341 g/mol. The maximum atomic E-state index is 13.4. The minimum Gasteiger partial charge on any atom is -0.494 e. The van der Waals surface area contributed by atoms with Gasteiger partial charge in [0.15, 0.2) is 6.61 Å². The molecule has 0 heterocycles. The van der Waals surface area contributed by atoms with Crippen LogP contribution in [-0.2, 0) is 10.5 Å². The van der Waals surface area contributed by atoms with Crippen molar-refractivity contribution in [3.05, 3.63) is 59.9 Å². The molecule has 2 aromatic rings. The number of carbonyl (C=O) groups is 1. The second kappa shape index (κ2) is 10.6. The molecule has 0 aliphatic rings. The molecule has 2 aromatic carbocycles. The smallest absolute Gasteiger partial charge is 0.257 e. The fraction of sp³-hybridized carbons (Fsp3) is 0.316. The van der Waals surface area contributed by atoms with Crippen LogP contribution in [0.25, 0.3) is 0 Å². The normalized spacial score (nSPS) is 10.3. The molecule has 0 bridgehead atoms. The Bertz CT molecular complexity index is 664. The van der Waals surface area contributed by atoms with Crippen molar-refractivity contribution in [3.63, 3.8) is 0 Å². The minimum atomic E-state index is -0.192. The SMILES string of the molecule is CCOc1ccc(OCC(=O)NCCSCc2ccccc2F)cc1. The summed E-state index contributed by atoms with van der Waals surface area (Å²) in [6.45, 7) is 3.01. The molecule has 0 fully saturated rings. The van der Waals surface area contributed by atoms with Crippen LogP contribution in [0, 0.1) is 5.82 Å². The maximum Gasteiger partial charge on any atom is 0.257 e. The summed E-state index contributed by atoms with van der Waals surface area (Å²) in [7, 11) is 0. The lowest BCUT2D eigenvalue weighted by molar-refractivity contribution is -0.122. The molecule has 1 N–H and O–H groups in total. The Morgan fingerprint density at radius 2 is 1.76 bits per heavy atom. The van der Waals surface area contributed by atoms with Crippen LogP contribution in [0.3, 0.4) is 0 Å². The molecule has 25 heavy (non-hydrogen) atoms. The van der Waals surface area contributed by atoms with Gasteiger partial charge in [-0.2, -0.15) is 11.8 Å². The second-order valence-electron chi connectivity index (χ2n) is 5.19. The highest BCUT2D eigenvalue weighted by molar-refractivity contribution is 7.98. The van der Waals surface area contributed by atoms with Gasteiger partial charge in [0.25, 0.3) is 5.91 Å². The highest BCUT2D eigenvalue weighted by Gasteiger charge is 2.04. The van der Waals surface area contributed by atoms with E-state index in [4.69, 9.17) is 9.47 Å². The summed E-state index contributed by atoms with van der Waals surface area (Å²) in [5.41, 5.74) is 0.678. The second-order valence-corrected chi connectivity index (χ2v) is 6.29. The van der Waals surface area contributed by atoms with Gasteiger partial charge in [-0.25, -0.2) is 4.39 Å². The van der Waals surface area contributed by atoms with Gasteiger partial charge >= 0.3 is 0 Å². The van der Waals surface area contributed by atoms with Crippen molar-refractivity contribution in [2.45, 2.75) is 12.7 Å². The van der Waals surface area contributed by atoms with Crippen LogP contribution >= 0.6 is 11.8 Å². The predicted molar refractivity (Wildman–Crippen MR) is 98.7 cm³/mol. The highest BCUT2D eigenvalue weighted by Crippen LogP contribution is 2.17. The number of hydrogen-bond acceptors (Lipinski definition) is 4. The summed E-state index contributed by atoms with van der Waals surface area (Å²) in [4.78, 5) is 11.7. The van der Waals surface area contributed by atoms with Gasteiger partial charge in [-0.05, 0) is 42.8 Å². The van der Waals surface area contributed by atoms with Gasteiger partial charge in [-0.15, -0.1) is 0 Å². The van der Waals surface area contributed by atoms with Gasteiger partial charge in [0.1, 0.15) is 17.3 Å². The van der Waals surface area contributed by atoms with Crippen molar-refractivity contribution < 1.29 is 18.7 Å². The van der Waals surface area contributed by atoms with Crippen molar-refractivity contribution in [1.29, 1.82) is 0 Å². The summed E-state index contributed by atoms with van der Waals surface area (Å²) in [5, 5.41) is 2.78. The summed E-state index contributed by atoms with van der Waals surface area (Å²) < 4.78 is 24.2. The Balaban J connectivity index is 1.58. The molecule has 134 valence electrons. The van der Waals surface area contributed by atoms with Crippen LogP contribution in [-0.4, -0.2) is 31.4 Å². The van der Waals surface area contributed by atoms with Crippen LogP contribution < -0.4 is 14.8 Å². The van der Waals surface area contributed by atoms with Gasteiger partial charge in [-0.1, -0.05) is 18.2 Å². The summed E-state index contributed by atoms with van der Waals surface area (Å²) in [5.74, 6) is 2.32. The van der Waals surface area contributed by atoms with E-state index in [1.54, 1.807) is 48.2 Å². The van der Waals surface area contributed by atoms with Gasteiger partial charge in [-0.3, -0.25) is 4.79 Å². The Kier molecular flexibility index (Phi) is 8.12. The first-order valence-corrected chi connectivity index (χ1v) is 9.28. The van der Waals surface area contributed by atoms with Gasteiger partial charge in [0, 0.05) is 18.1 Å². The van der Waals surface area contributed by atoms with E-state index in [1.807, 2.05) is 13.0 Å². The third-order valence-corrected chi connectivity index (χ3v) is 4.30. The quantitative estimate of drug-likeness (QED) is 0.655. The topological polar surface area (TPSA) is 47.6 Å². The molecule has 0 aliphatic heterocycles. The third kappa shape index (κ3) is 7.05. The van der Waals surface area contributed by atoms with E-state index in [1.165, 1.54) is 6.07 Å². The number of carbonyl (C=O) groups excluding carboxylic acids is 1. The van der Waals surface area contributed by atoms with Crippen LogP contribution in [0.5, 0.6) is 11.5 Å². The number of nitrogens with one attached hydrogen (secondary N) is 1. The summed E-state index contributed by atoms with van der Waals surface area (Å²) >= 11 is 1.57. The Morgan fingerprint density at radius 1 is 1.08 bits per heavy atom. The summed E-state index contributed by atoms with van der Waals surface area (Å²) in [6, 6.07) is 13.9. The average Bonchev–Trinajstić information content (AvgIpc) is 2.62. The molecule has 0 radical (unpaired) electrons. The lowest BCUT2D eigenvalue weighted by atomic mass is 10.2. The average molecular weight is 363 g/mol. The number of ether oxygens (including phenoxy) is 2. The standard InChI is InChI=1S/C19H22FNO3S/c1-2-23-16-7-9-17(10-8-16)24-13-19(22)21-11-12-25-14-15-5-3-4-6-18(15)20/h3-10H,2,11-14H2,1H3,(H,21,22). The number of benzene rings is 2. The fourth-order valence-electron chi connectivity index (χ4n) is 2.06. The van der Waals surface area contributed by atoms with Crippen molar-refractivity contribution in [1.82, 2.24) is 5.32 Å². The molecule has 0 spiro atoms. The molecule has 0 aromatic heterocycles. The Morgan fingerprint density at radius 3 is 2.44 bits per heavy atom. The van der Waals surface area contributed by atoms with Gasteiger partial charge in [0.2, 0.25) is 0 Å². The lowest BCUT2D eigenvalue weighted by Gasteiger charge is -2.08. The van der Waals surface area contributed by atoms with Crippen LogP contribution in [0.1, 0.15) is 12.5 Å². The first-order valence-electron chi connectivity index (χ1n) is 8.12. The molecule has 0 unspecified atom stereocenters. The lowest BCUT2D eigenvalue weighted by Crippen LogP contribution is -2.30. The fourth-order valence-corrected chi connectivity index (χ4v) is 2.90. The first-order chi connectivity index (χ1) is 12.2. The zero-order valence-corrected chi connectivity index (χ0v) is 15.0. The van der Waals surface area contributed by atoms with E-state index in [-0.39, 0.29) is 18.3 Å². The molecule has 0 aliphatic carbocycles. The largest absolute Gasteiger partial charge is 0.494 e. The van der Waals surface area contributed by atoms with Crippen molar-refractivity contribution in [2.24, 2.45) is 0 Å². The molecular formula is C19H22FNO3S. The highest BCUT2D eigenvalue weighted by atomic mass is 32.2. The number of halogens is 1. The van der Waals surface area contributed by atoms with E-state index in [0.717, 1.165) is 5.75 Å². The van der Waals surface area contributed by atoms with Crippen LogP contribution in [0.2, 0.25) is 0 Å². The minimum absolute atomic E-state index is 0.0358. The molecule has 6 heteroatoms. The molecule has 0 saturated heterocycles.